The molecular weight excluding hydrogens is 563 g/mol. The lowest BCUT2D eigenvalue weighted by Gasteiger charge is -2.43. The molecule has 0 aliphatic heterocycles. The van der Waals surface area contributed by atoms with Crippen LogP contribution in [0.5, 0.6) is 0 Å². The van der Waals surface area contributed by atoms with E-state index in [1.54, 1.807) is 16.4 Å². The van der Waals surface area contributed by atoms with Crippen molar-refractivity contribution in [3.8, 4) is 5.69 Å². The van der Waals surface area contributed by atoms with Gasteiger partial charge in [0, 0.05) is 37.5 Å². The van der Waals surface area contributed by atoms with E-state index in [0.717, 1.165) is 22.5 Å². The molecule has 4 rings (SSSR count). The zero-order chi connectivity index (χ0) is 32.1. The van der Waals surface area contributed by atoms with Crippen LogP contribution < -0.4 is 26.6 Å². The van der Waals surface area contributed by atoms with Crippen LogP contribution in [0.2, 0.25) is 5.04 Å². The van der Waals surface area contributed by atoms with E-state index in [1.807, 2.05) is 63.4 Å². The highest BCUT2D eigenvalue weighted by Gasteiger charge is 2.50. The maximum atomic E-state index is 13.9. The highest BCUT2D eigenvalue weighted by Crippen LogP contribution is 2.36. The SMILES string of the molecule is CC(=O)N(C[C@@H](C)CN)c1cc(C)c(-n2cccc(CCO[Si](c3ccccc3)(c3ccccc3)C(C)(C)C)c2=O)c(C)c1. The normalized spacial score (nSPS) is 12.6. The maximum absolute atomic E-state index is 13.9. The third kappa shape index (κ3) is 6.80. The average Bonchev–Trinajstić information content (AvgIpc) is 2.99. The highest BCUT2D eigenvalue weighted by atomic mass is 28.4. The maximum Gasteiger partial charge on any atom is 0.261 e. The predicted molar refractivity (Wildman–Crippen MR) is 185 cm³/mol. The third-order valence-electron chi connectivity index (χ3n) is 8.44. The lowest BCUT2D eigenvalue weighted by molar-refractivity contribution is -0.116. The summed E-state index contributed by atoms with van der Waals surface area (Å²) < 4.78 is 8.80. The van der Waals surface area contributed by atoms with Gasteiger partial charge < -0.3 is 15.1 Å². The van der Waals surface area contributed by atoms with Crippen LogP contribution >= 0.6 is 0 Å². The van der Waals surface area contributed by atoms with E-state index in [-0.39, 0.29) is 22.4 Å². The number of anilines is 1. The fourth-order valence-corrected chi connectivity index (χ4v) is 10.8. The Bertz CT molecular complexity index is 1570. The van der Waals surface area contributed by atoms with E-state index >= 15 is 0 Å². The van der Waals surface area contributed by atoms with Crippen molar-refractivity contribution in [1.82, 2.24) is 4.57 Å². The molecule has 7 heteroatoms. The van der Waals surface area contributed by atoms with Crippen LogP contribution in [0.4, 0.5) is 5.69 Å². The number of hydrogen-bond donors (Lipinski definition) is 1. The van der Waals surface area contributed by atoms with Gasteiger partial charge in [-0.05, 0) is 77.5 Å². The molecule has 1 amide bonds. The van der Waals surface area contributed by atoms with Gasteiger partial charge in [0.15, 0.2) is 0 Å². The minimum absolute atomic E-state index is 0.0306. The van der Waals surface area contributed by atoms with Crippen LogP contribution in [0.25, 0.3) is 5.69 Å². The fourth-order valence-electron chi connectivity index (χ4n) is 6.25. The molecule has 2 N–H and O–H groups in total. The molecule has 0 spiro atoms. The molecule has 232 valence electrons. The zero-order valence-corrected chi connectivity index (χ0v) is 28.3. The molecular formula is C37H47N3O3Si. The van der Waals surface area contributed by atoms with Crippen molar-refractivity contribution in [2.75, 3.05) is 24.6 Å². The number of aromatic nitrogens is 1. The number of nitrogens with two attached hydrogens (primary N) is 1. The number of amides is 1. The van der Waals surface area contributed by atoms with Gasteiger partial charge in [0.25, 0.3) is 13.9 Å². The zero-order valence-electron chi connectivity index (χ0n) is 27.3. The summed E-state index contributed by atoms with van der Waals surface area (Å²) in [4.78, 5) is 28.2. The predicted octanol–water partition coefficient (Wildman–Crippen LogP) is 5.52. The van der Waals surface area contributed by atoms with Gasteiger partial charge in [-0.3, -0.25) is 14.2 Å². The summed E-state index contributed by atoms with van der Waals surface area (Å²) in [6.45, 7) is 15.8. The fraction of sp³-hybridized carbons (Fsp3) is 0.351. The van der Waals surface area contributed by atoms with Crippen molar-refractivity contribution in [3.05, 3.63) is 118 Å². The van der Waals surface area contributed by atoms with Gasteiger partial charge in [-0.15, -0.1) is 0 Å². The number of carbonyl (C=O) groups excluding carboxylic acids is 1. The van der Waals surface area contributed by atoms with E-state index in [9.17, 15) is 9.59 Å². The molecule has 0 radical (unpaired) electrons. The quantitative estimate of drug-likeness (QED) is 0.227. The molecule has 0 saturated heterocycles. The molecule has 0 aliphatic carbocycles. The number of nitrogens with zero attached hydrogens (tertiary/aromatic N) is 2. The molecule has 1 heterocycles. The standard InChI is InChI=1S/C37H47N3O3Si/c1-27(25-38)26-40(30(4)41)32-23-28(2)35(29(3)24-32)39-21-14-15-31(36(39)42)20-22-43-44(37(5,6)7,33-16-10-8-11-17-33)34-18-12-9-13-19-34/h8-19,21,23-24,27H,20,22,25-26,38H2,1-7H3/t27-/m0/s1. The lowest BCUT2D eigenvalue weighted by Crippen LogP contribution is -2.66. The number of aryl methyl sites for hydroxylation is 2. The van der Waals surface area contributed by atoms with E-state index in [4.69, 9.17) is 10.2 Å². The van der Waals surface area contributed by atoms with E-state index in [2.05, 4.69) is 69.3 Å². The van der Waals surface area contributed by atoms with Crippen molar-refractivity contribution in [2.45, 2.75) is 59.9 Å². The molecule has 4 aromatic rings. The van der Waals surface area contributed by atoms with Crippen molar-refractivity contribution >= 4 is 30.3 Å². The Hall–Kier alpha value is -3.78. The molecule has 0 saturated carbocycles. The molecule has 0 aliphatic rings. The smallest absolute Gasteiger partial charge is 0.261 e. The molecule has 44 heavy (non-hydrogen) atoms. The Balaban J connectivity index is 1.67. The van der Waals surface area contributed by atoms with Crippen molar-refractivity contribution in [3.63, 3.8) is 0 Å². The van der Waals surface area contributed by atoms with Crippen LogP contribution in [0.3, 0.4) is 0 Å². The van der Waals surface area contributed by atoms with Crippen molar-refractivity contribution in [2.24, 2.45) is 11.7 Å². The minimum atomic E-state index is -2.71. The van der Waals surface area contributed by atoms with E-state index in [0.29, 0.717) is 31.7 Å². The second-order valence-electron chi connectivity index (χ2n) is 12.9. The minimum Gasteiger partial charge on any atom is -0.407 e. The van der Waals surface area contributed by atoms with Gasteiger partial charge in [-0.25, -0.2) is 0 Å². The van der Waals surface area contributed by atoms with Gasteiger partial charge in [0.05, 0.1) is 5.69 Å². The summed E-state index contributed by atoms with van der Waals surface area (Å²) in [5.41, 5.74) is 10.00. The highest BCUT2D eigenvalue weighted by molar-refractivity contribution is 6.99. The number of carbonyl (C=O) groups is 1. The molecule has 0 bridgehead atoms. The van der Waals surface area contributed by atoms with Gasteiger partial charge in [-0.2, -0.15) is 0 Å². The van der Waals surface area contributed by atoms with Crippen LogP contribution in [-0.4, -0.2) is 38.5 Å². The summed E-state index contributed by atoms with van der Waals surface area (Å²) in [6, 6.07) is 28.9. The van der Waals surface area contributed by atoms with Gasteiger partial charge in [0.2, 0.25) is 5.91 Å². The Labute approximate surface area is 263 Å². The summed E-state index contributed by atoms with van der Waals surface area (Å²) >= 11 is 0. The molecule has 1 aromatic heterocycles. The molecule has 3 aromatic carbocycles. The van der Waals surface area contributed by atoms with Gasteiger partial charge >= 0.3 is 0 Å². The summed E-state index contributed by atoms with van der Waals surface area (Å²) in [5.74, 6) is 0.140. The second kappa shape index (κ2) is 13.9. The van der Waals surface area contributed by atoms with Crippen LogP contribution in [0, 0.1) is 19.8 Å². The molecule has 0 unspecified atom stereocenters. The topological polar surface area (TPSA) is 77.6 Å². The van der Waals surface area contributed by atoms with E-state index < -0.39 is 8.32 Å². The van der Waals surface area contributed by atoms with Crippen molar-refractivity contribution < 1.29 is 9.22 Å². The van der Waals surface area contributed by atoms with Crippen LogP contribution in [0.15, 0.2) is 95.9 Å². The monoisotopic (exact) mass is 609 g/mol. The van der Waals surface area contributed by atoms with E-state index in [1.165, 1.54) is 10.4 Å². The third-order valence-corrected chi connectivity index (χ3v) is 13.5. The van der Waals surface area contributed by atoms with Crippen molar-refractivity contribution in [1.29, 1.82) is 0 Å². The lowest BCUT2D eigenvalue weighted by atomic mass is 10.0. The average molecular weight is 610 g/mol. The largest absolute Gasteiger partial charge is 0.407 e. The molecule has 6 nitrogen and oxygen atoms in total. The first kappa shape index (κ1) is 33.1. The Morgan fingerprint density at radius 1 is 0.932 bits per heavy atom. The Kier molecular flexibility index (Phi) is 10.5. The Morgan fingerprint density at radius 3 is 1.95 bits per heavy atom. The first-order valence-corrected chi connectivity index (χ1v) is 17.4. The summed E-state index contributed by atoms with van der Waals surface area (Å²) in [5, 5.41) is 2.30. The summed E-state index contributed by atoms with van der Waals surface area (Å²) in [7, 11) is -2.71. The van der Waals surface area contributed by atoms with Crippen LogP contribution in [0.1, 0.15) is 51.3 Å². The van der Waals surface area contributed by atoms with Gasteiger partial charge in [0.1, 0.15) is 0 Å². The number of benzene rings is 3. The Morgan fingerprint density at radius 2 is 1.48 bits per heavy atom. The first-order valence-electron chi connectivity index (χ1n) is 15.5. The number of pyridine rings is 1. The first-order chi connectivity index (χ1) is 20.9. The van der Waals surface area contributed by atoms with Gasteiger partial charge in [-0.1, -0.05) is 94.4 Å². The molecule has 0 fully saturated rings. The number of hydrogen-bond acceptors (Lipinski definition) is 4. The second-order valence-corrected chi connectivity index (χ2v) is 17.2. The summed E-state index contributed by atoms with van der Waals surface area (Å²) in [6.07, 6.45) is 2.32. The molecule has 1 atom stereocenters. The number of rotatable bonds is 11. The van der Waals surface area contributed by atoms with Crippen LogP contribution in [-0.2, 0) is 15.6 Å².